The lowest BCUT2D eigenvalue weighted by Crippen LogP contribution is -2.05. The number of rotatable bonds is 10. The molecule has 0 spiro atoms. The zero-order valence-corrected chi connectivity index (χ0v) is 13.3. The molecule has 0 aromatic heterocycles. The maximum Gasteiger partial charge on any atom is 0.305 e. The van der Waals surface area contributed by atoms with Crippen LogP contribution in [0.4, 0.5) is 0 Å². The maximum atomic E-state index is 11.3. The molecular formula is C17H24O5. The lowest BCUT2D eigenvalue weighted by atomic mass is 9.97. The van der Waals surface area contributed by atoms with Gasteiger partial charge in [0, 0.05) is 12.8 Å². The molecule has 0 aliphatic heterocycles. The third kappa shape index (κ3) is 6.16. The molecule has 5 nitrogen and oxygen atoms in total. The van der Waals surface area contributed by atoms with Crippen LogP contribution in [0.1, 0.15) is 43.2 Å². The Morgan fingerprint density at radius 2 is 1.82 bits per heavy atom. The highest BCUT2D eigenvalue weighted by Crippen LogP contribution is 2.25. The SMILES string of the molecule is COC(=O)CCc1c(CCCCCC(=O)O)cccc1OC. The molecule has 0 unspecified atom stereocenters. The molecule has 1 aromatic carbocycles. The van der Waals surface area contributed by atoms with E-state index in [1.807, 2.05) is 18.2 Å². The number of carbonyl (C=O) groups excluding carboxylic acids is 1. The number of unbranched alkanes of at least 4 members (excludes halogenated alkanes) is 2. The molecule has 22 heavy (non-hydrogen) atoms. The number of benzene rings is 1. The Hall–Kier alpha value is -2.04. The number of ether oxygens (including phenoxy) is 2. The van der Waals surface area contributed by atoms with Gasteiger partial charge in [0.15, 0.2) is 0 Å². The van der Waals surface area contributed by atoms with Gasteiger partial charge in [-0.3, -0.25) is 9.59 Å². The van der Waals surface area contributed by atoms with Crippen molar-refractivity contribution in [2.75, 3.05) is 14.2 Å². The first-order valence-corrected chi connectivity index (χ1v) is 7.51. The summed E-state index contributed by atoms with van der Waals surface area (Å²) in [6.45, 7) is 0. The van der Waals surface area contributed by atoms with Gasteiger partial charge in [-0.1, -0.05) is 18.6 Å². The van der Waals surface area contributed by atoms with E-state index in [4.69, 9.17) is 9.84 Å². The van der Waals surface area contributed by atoms with E-state index in [2.05, 4.69) is 4.74 Å². The molecule has 122 valence electrons. The first-order valence-electron chi connectivity index (χ1n) is 7.51. The molecule has 0 saturated carbocycles. The normalized spacial score (nSPS) is 10.3. The van der Waals surface area contributed by atoms with Crippen molar-refractivity contribution in [3.63, 3.8) is 0 Å². The highest BCUT2D eigenvalue weighted by atomic mass is 16.5. The zero-order chi connectivity index (χ0) is 16.4. The summed E-state index contributed by atoms with van der Waals surface area (Å²) >= 11 is 0. The minimum atomic E-state index is -0.750. The number of aliphatic carboxylic acids is 1. The van der Waals surface area contributed by atoms with Crippen molar-refractivity contribution in [1.82, 2.24) is 0 Å². The van der Waals surface area contributed by atoms with Gasteiger partial charge in [0.2, 0.25) is 0 Å². The molecule has 1 aromatic rings. The summed E-state index contributed by atoms with van der Waals surface area (Å²) in [5.74, 6) is -0.203. The standard InChI is InChI=1S/C17H24O5/c1-21-15-9-6-8-13(7-4-3-5-10-16(18)19)14(15)11-12-17(20)22-2/h6,8-9H,3-5,7,10-12H2,1-2H3,(H,18,19). The molecule has 1 N–H and O–H groups in total. The largest absolute Gasteiger partial charge is 0.496 e. The van der Waals surface area contributed by atoms with Gasteiger partial charge >= 0.3 is 11.9 Å². The smallest absolute Gasteiger partial charge is 0.305 e. The number of carbonyl (C=O) groups is 2. The fraction of sp³-hybridized carbons (Fsp3) is 0.529. The minimum absolute atomic E-state index is 0.216. The third-order valence-corrected chi connectivity index (χ3v) is 3.59. The van der Waals surface area contributed by atoms with E-state index in [0.29, 0.717) is 19.3 Å². The van der Waals surface area contributed by atoms with Crippen LogP contribution in [0.5, 0.6) is 5.75 Å². The van der Waals surface area contributed by atoms with Gasteiger partial charge in [-0.25, -0.2) is 0 Å². The second-order valence-electron chi connectivity index (χ2n) is 5.13. The van der Waals surface area contributed by atoms with Gasteiger partial charge in [0.05, 0.1) is 14.2 Å². The second kappa shape index (κ2) is 9.82. The van der Waals surface area contributed by atoms with E-state index in [1.165, 1.54) is 7.11 Å². The van der Waals surface area contributed by atoms with Gasteiger partial charge in [-0.2, -0.15) is 0 Å². The van der Waals surface area contributed by atoms with Gasteiger partial charge < -0.3 is 14.6 Å². The first-order chi connectivity index (χ1) is 10.6. The Balaban J connectivity index is 2.63. The van der Waals surface area contributed by atoms with Crippen LogP contribution in [-0.2, 0) is 27.2 Å². The average Bonchev–Trinajstić information content (AvgIpc) is 2.52. The van der Waals surface area contributed by atoms with Crippen molar-refractivity contribution in [3.05, 3.63) is 29.3 Å². The van der Waals surface area contributed by atoms with E-state index >= 15 is 0 Å². The third-order valence-electron chi connectivity index (χ3n) is 3.59. The Morgan fingerprint density at radius 3 is 2.45 bits per heavy atom. The summed E-state index contributed by atoms with van der Waals surface area (Å²) < 4.78 is 10.1. The van der Waals surface area contributed by atoms with Crippen molar-refractivity contribution in [3.8, 4) is 5.75 Å². The van der Waals surface area contributed by atoms with Crippen molar-refractivity contribution >= 4 is 11.9 Å². The van der Waals surface area contributed by atoms with E-state index in [9.17, 15) is 9.59 Å². The molecule has 0 fully saturated rings. The van der Waals surface area contributed by atoms with Crippen molar-refractivity contribution in [1.29, 1.82) is 0 Å². The summed E-state index contributed by atoms with van der Waals surface area (Å²) in [4.78, 5) is 21.8. The number of hydrogen-bond donors (Lipinski definition) is 1. The molecular weight excluding hydrogens is 284 g/mol. The van der Waals surface area contributed by atoms with Crippen LogP contribution < -0.4 is 4.74 Å². The molecule has 0 amide bonds. The highest BCUT2D eigenvalue weighted by Gasteiger charge is 2.11. The highest BCUT2D eigenvalue weighted by molar-refractivity contribution is 5.69. The second-order valence-corrected chi connectivity index (χ2v) is 5.13. The lowest BCUT2D eigenvalue weighted by molar-refractivity contribution is -0.140. The molecule has 0 bridgehead atoms. The molecule has 0 aliphatic rings. The fourth-order valence-electron chi connectivity index (χ4n) is 2.42. The van der Waals surface area contributed by atoms with E-state index in [0.717, 1.165) is 36.1 Å². The minimum Gasteiger partial charge on any atom is -0.496 e. The number of aryl methyl sites for hydroxylation is 1. The van der Waals surface area contributed by atoms with Gasteiger partial charge in [0.1, 0.15) is 5.75 Å². The summed E-state index contributed by atoms with van der Waals surface area (Å²) in [6.07, 6.45) is 4.47. The summed E-state index contributed by atoms with van der Waals surface area (Å²) in [5, 5.41) is 8.63. The van der Waals surface area contributed by atoms with Gasteiger partial charge in [0.25, 0.3) is 0 Å². The first kappa shape index (κ1) is 18.0. The van der Waals surface area contributed by atoms with E-state index in [-0.39, 0.29) is 12.4 Å². The van der Waals surface area contributed by atoms with Crippen molar-refractivity contribution in [2.45, 2.75) is 44.9 Å². The van der Waals surface area contributed by atoms with Crippen LogP contribution >= 0.6 is 0 Å². The van der Waals surface area contributed by atoms with E-state index in [1.54, 1.807) is 7.11 Å². The molecule has 0 saturated heterocycles. The molecule has 0 atom stereocenters. The van der Waals surface area contributed by atoms with Gasteiger partial charge in [-0.15, -0.1) is 0 Å². The monoisotopic (exact) mass is 308 g/mol. The molecule has 0 aliphatic carbocycles. The van der Waals surface area contributed by atoms with Gasteiger partial charge in [-0.05, 0) is 42.9 Å². The molecule has 0 heterocycles. The Morgan fingerprint density at radius 1 is 1.05 bits per heavy atom. The van der Waals surface area contributed by atoms with Crippen LogP contribution in [-0.4, -0.2) is 31.3 Å². The topological polar surface area (TPSA) is 72.8 Å². The van der Waals surface area contributed by atoms with Crippen molar-refractivity contribution in [2.24, 2.45) is 0 Å². The average molecular weight is 308 g/mol. The molecule has 5 heteroatoms. The number of hydrogen-bond acceptors (Lipinski definition) is 4. The number of carboxylic acids is 1. The van der Waals surface area contributed by atoms with Crippen LogP contribution in [0.2, 0.25) is 0 Å². The van der Waals surface area contributed by atoms with Crippen LogP contribution in [0, 0.1) is 0 Å². The number of carboxylic acid groups (broad SMARTS) is 1. The molecule has 0 radical (unpaired) electrons. The Kier molecular flexibility index (Phi) is 8.04. The lowest BCUT2D eigenvalue weighted by Gasteiger charge is -2.13. The van der Waals surface area contributed by atoms with Crippen LogP contribution in [0.15, 0.2) is 18.2 Å². The Bertz CT molecular complexity index is 496. The predicted octanol–water partition coefficient (Wildman–Crippen LogP) is 2.99. The Labute approximate surface area is 131 Å². The molecule has 1 rings (SSSR count). The van der Waals surface area contributed by atoms with E-state index < -0.39 is 5.97 Å². The van der Waals surface area contributed by atoms with Crippen LogP contribution in [0.3, 0.4) is 0 Å². The number of esters is 1. The quantitative estimate of drug-likeness (QED) is 0.531. The maximum absolute atomic E-state index is 11.3. The number of methoxy groups -OCH3 is 2. The summed E-state index contributed by atoms with van der Waals surface area (Å²) in [7, 11) is 3.00. The zero-order valence-electron chi connectivity index (χ0n) is 13.3. The predicted molar refractivity (Wildman–Crippen MR) is 83.1 cm³/mol. The van der Waals surface area contributed by atoms with Crippen molar-refractivity contribution < 1.29 is 24.2 Å². The summed E-state index contributed by atoms with van der Waals surface area (Å²) in [5.41, 5.74) is 2.19. The summed E-state index contributed by atoms with van der Waals surface area (Å²) in [6, 6.07) is 5.86. The van der Waals surface area contributed by atoms with Crippen LogP contribution in [0.25, 0.3) is 0 Å². The fourth-order valence-corrected chi connectivity index (χ4v) is 2.42.